The van der Waals surface area contributed by atoms with E-state index < -0.39 is 20.5 Å². The van der Waals surface area contributed by atoms with Crippen molar-refractivity contribution in [3.63, 3.8) is 0 Å². The van der Waals surface area contributed by atoms with E-state index in [9.17, 15) is 17.6 Å². The van der Waals surface area contributed by atoms with Crippen molar-refractivity contribution in [1.82, 2.24) is 24.8 Å². The van der Waals surface area contributed by atoms with E-state index in [1.165, 1.54) is 18.2 Å². The number of aromatic nitrogens is 3. The summed E-state index contributed by atoms with van der Waals surface area (Å²) in [5, 5.41) is 6.82. The van der Waals surface area contributed by atoms with Gasteiger partial charge < -0.3 is 20.5 Å². The number of nitrogens with zero attached hydrogens (tertiary/aromatic N) is 4. The lowest BCUT2D eigenvalue weighted by molar-refractivity contribution is -0.123. The molecule has 222 valence electrons. The van der Waals surface area contributed by atoms with Gasteiger partial charge in [-0.15, -0.1) is 0 Å². The number of para-hydroxylation sites is 1. The van der Waals surface area contributed by atoms with Gasteiger partial charge in [0.2, 0.25) is 11.9 Å². The number of amides is 1. The number of H-pyrrole nitrogens is 1. The number of likely N-dealkylation sites (N-methyl/N-ethyl adjacent to an activating group) is 1. The standard InChI is InChI=1S/C30H36FN7O3S/c1-6-24(38-14-13-37(4)17-19(38)3)29(39)34-23-11-7-9-20-21(16-32-28(20)23)27-18(2)15-33-30(36-27)35-22-10-8-12-25(26(22)31)42(5,40)41/h7-12,15-16,19,24,32H,6,13-14,17H2,1-5H3,(H,34,39)(H,33,35,36)/t19-,24?/m1/s1. The predicted molar refractivity (Wildman–Crippen MR) is 163 cm³/mol. The third kappa shape index (κ3) is 5.87. The topological polar surface area (TPSA) is 123 Å². The zero-order chi connectivity index (χ0) is 30.2. The number of sulfone groups is 1. The summed E-state index contributed by atoms with van der Waals surface area (Å²) in [6, 6.07) is 9.85. The van der Waals surface area contributed by atoms with Crippen molar-refractivity contribution in [3.05, 3.63) is 60.2 Å². The lowest BCUT2D eigenvalue weighted by Gasteiger charge is -2.42. The molecule has 0 bridgehead atoms. The minimum Gasteiger partial charge on any atom is -0.359 e. The van der Waals surface area contributed by atoms with Crippen LogP contribution in [0.15, 0.2) is 53.7 Å². The second kappa shape index (κ2) is 11.8. The van der Waals surface area contributed by atoms with Crippen molar-refractivity contribution >= 4 is 44.0 Å². The lowest BCUT2D eigenvalue weighted by atomic mass is 10.1. The van der Waals surface area contributed by atoms with Crippen molar-refractivity contribution in [3.8, 4) is 11.3 Å². The van der Waals surface area contributed by atoms with Gasteiger partial charge >= 0.3 is 0 Å². The highest BCUT2D eigenvalue weighted by molar-refractivity contribution is 7.90. The molecule has 1 aliphatic rings. The Balaban J connectivity index is 1.43. The van der Waals surface area contributed by atoms with E-state index in [1.54, 1.807) is 6.20 Å². The monoisotopic (exact) mass is 593 g/mol. The Bertz CT molecular complexity index is 1740. The number of aryl methyl sites for hydroxylation is 1. The maximum atomic E-state index is 15.0. The highest BCUT2D eigenvalue weighted by Crippen LogP contribution is 2.34. The van der Waals surface area contributed by atoms with E-state index >= 15 is 0 Å². The van der Waals surface area contributed by atoms with Crippen LogP contribution in [-0.4, -0.2) is 84.1 Å². The number of carbonyl (C=O) groups is 1. The quantitative estimate of drug-likeness (QED) is 0.272. The van der Waals surface area contributed by atoms with Crippen molar-refractivity contribution in [2.75, 3.05) is 43.6 Å². The second-order valence-electron chi connectivity index (χ2n) is 10.9. The van der Waals surface area contributed by atoms with Crippen LogP contribution in [0.4, 0.5) is 21.7 Å². The van der Waals surface area contributed by atoms with E-state index in [4.69, 9.17) is 0 Å². The minimum absolute atomic E-state index is 0.0411. The molecule has 2 aromatic carbocycles. The van der Waals surface area contributed by atoms with Gasteiger partial charge in [0.25, 0.3) is 0 Å². The number of carbonyl (C=O) groups excluding carboxylic acids is 1. The largest absolute Gasteiger partial charge is 0.359 e. The van der Waals surface area contributed by atoms with Crippen LogP contribution in [0.1, 0.15) is 25.8 Å². The van der Waals surface area contributed by atoms with Gasteiger partial charge in [0.1, 0.15) is 4.90 Å². The highest BCUT2D eigenvalue weighted by Gasteiger charge is 2.31. The van der Waals surface area contributed by atoms with E-state index in [0.717, 1.165) is 47.9 Å². The number of piperazine rings is 1. The first-order valence-corrected chi connectivity index (χ1v) is 15.8. The van der Waals surface area contributed by atoms with Crippen molar-refractivity contribution in [2.45, 2.75) is 44.2 Å². The molecule has 1 saturated heterocycles. The lowest BCUT2D eigenvalue weighted by Crippen LogP contribution is -2.57. The molecule has 0 aliphatic carbocycles. The molecule has 4 aromatic rings. The molecule has 42 heavy (non-hydrogen) atoms. The number of nitrogens with one attached hydrogen (secondary N) is 3. The summed E-state index contributed by atoms with van der Waals surface area (Å²) < 4.78 is 38.9. The molecule has 0 radical (unpaired) electrons. The molecular formula is C30H36FN7O3S. The van der Waals surface area contributed by atoms with Crippen molar-refractivity contribution in [2.24, 2.45) is 0 Å². The number of aromatic amines is 1. The van der Waals surface area contributed by atoms with Crippen LogP contribution in [0, 0.1) is 12.7 Å². The van der Waals surface area contributed by atoms with Crippen LogP contribution >= 0.6 is 0 Å². The molecular weight excluding hydrogens is 557 g/mol. The first-order valence-electron chi connectivity index (χ1n) is 13.9. The Hall–Kier alpha value is -3.87. The number of benzene rings is 2. The average Bonchev–Trinajstić information content (AvgIpc) is 3.37. The molecule has 3 N–H and O–H groups in total. The van der Waals surface area contributed by atoms with Crippen LogP contribution in [0.2, 0.25) is 0 Å². The molecule has 1 aliphatic heterocycles. The fourth-order valence-corrected chi connectivity index (χ4v) is 6.41. The zero-order valence-electron chi connectivity index (χ0n) is 24.4. The molecule has 1 amide bonds. The van der Waals surface area contributed by atoms with Gasteiger partial charge in [0, 0.05) is 55.3 Å². The van der Waals surface area contributed by atoms with Gasteiger partial charge in [-0.1, -0.05) is 25.1 Å². The van der Waals surface area contributed by atoms with E-state index in [0.29, 0.717) is 17.8 Å². The first-order chi connectivity index (χ1) is 20.0. The maximum Gasteiger partial charge on any atom is 0.241 e. The Morgan fingerprint density at radius 1 is 1.19 bits per heavy atom. The number of hydrogen-bond donors (Lipinski definition) is 3. The molecule has 1 unspecified atom stereocenters. The average molecular weight is 594 g/mol. The molecule has 5 rings (SSSR count). The summed E-state index contributed by atoms with van der Waals surface area (Å²) in [4.78, 5) is 29.9. The Morgan fingerprint density at radius 2 is 1.93 bits per heavy atom. The number of anilines is 3. The van der Waals surface area contributed by atoms with Gasteiger partial charge in [-0.3, -0.25) is 9.69 Å². The zero-order valence-corrected chi connectivity index (χ0v) is 25.2. The maximum absolute atomic E-state index is 15.0. The molecule has 0 spiro atoms. The van der Waals surface area contributed by atoms with Gasteiger partial charge in [-0.2, -0.15) is 0 Å². The van der Waals surface area contributed by atoms with Crippen LogP contribution in [-0.2, 0) is 14.6 Å². The summed E-state index contributed by atoms with van der Waals surface area (Å²) in [7, 11) is -1.65. The summed E-state index contributed by atoms with van der Waals surface area (Å²) in [5.41, 5.74) is 3.58. The van der Waals surface area contributed by atoms with Crippen LogP contribution < -0.4 is 10.6 Å². The fourth-order valence-electron chi connectivity index (χ4n) is 5.65. The first kappa shape index (κ1) is 29.6. The van der Waals surface area contributed by atoms with Crippen molar-refractivity contribution in [1.29, 1.82) is 0 Å². The van der Waals surface area contributed by atoms with Gasteiger partial charge in [-0.25, -0.2) is 22.8 Å². The van der Waals surface area contributed by atoms with Gasteiger partial charge in [0.05, 0.1) is 28.6 Å². The van der Waals surface area contributed by atoms with E-state index in [2.05, 4.69) is 49.4 Å². The second-order valence-corrected chi connectivity index (χ2v) is 12.9. The Kier molecular flexibility index (Phi) is 8.31. The van der Waals surface area contributed by atoms with Gasteiger partial charge in [0.15, 0.2) is 15.7 Å². The minimum atomic E-state index is -3.75. The summed E-state index contributed by atoms with van der Waals surface area (Å²) in [6.45, 7) is 8.76. The van der Waals surface area contributed by atoms with E-state index in [-0.39, 0.29) is 29.6 Å². The van der Waals surface area contributed by atoms with Crippen LogP contribution in [0.3, 0.4) is 0 Å². The summed E-state index contributed by atoms with van der Waals surface area (Å²) >= 11 is 0. The molecule has 3 heterocycles. The van der Waals surface area contributed by atoms with Gasteiger partial charge in [-0.05, 0) is 51.1 Å². The number of halogens is 1. The van der Waals surface area contributed by atoms with Crippen molar-refractivity contribution < 1.29 is 17.6 Å². The molecule has 12 heteroatoms. The molecule has 2 aromatic heterocycles. The molecule has 2 atom stereocenters. The SMILES string of the molecule is CCC(C(=O)Nc1cccc2c(-c3nc(Nc4cccc(S(C)(=O)=O)c4F)ncc3C)c[nH]c12)N1CCN(C)C[C@H]1C. The molecule has 0 saturated carbocycles. The van der Waals surface area contributed by atoms with Crippen LogP contribution in [0.25, 0.3) is 22.2 Å². The number of hydrogen-bond acceptors (Lipinski definition) is 8. The summed E-state index contributed by atoms with van der Waals surface area (Å²) in [5.74, 6) is -0.818. The highest BCUT2D eigenvalue weighted by atomic mass is 32.2. The molecule has 1 fully saturated rings. The normalized spacial score (nSPS) is 17.3. The third-order valence-electron chi connectivity index (χ3n) is 7.78. The Labute approximate surface area is 245 Å². The smallest absolute Gasteiger partial charge is 0.241 e. The Morgan fingerprint density at radius 3 is 2.64 bits per heavy atom. The fraction of sp³-hybridized carbons (Fsp3) is 0.367. The van der Waals surface area contributed by atoms with Crippen LogP contribution in [0.5, 0.6) is 0 Å². The summed E-state index contributed by atoms with van der Waals surface area (Å²) in [6.07, 6.45) is 5.11. The third-order valence-corrected chi connectivity index (χ3v) is 8.90. The van der Waals surface area contributed by atoms with E-state index in [1.807, 2.05) is 38.2 Å². The number of rotatable bonds is 8. The predicted octanol–water partition coefficient (Wildman–Crippen LogP) is 4.57. The number of fused-ring (bicyclic) bond motifs is 1. The molecule has 10 nitrogen and oxygen atoms in total.